The zero-order chi connectivity index (χ0) is 19.2. The molecule has 0 saturated heterocycles. The molecule has 0 aliphatic carbocycles. The topological polar surface area (TPSA) is 0 Å². The van der Waals surface area contributed by atoms with E-state index in [1.165, 1.54) is 46.6 Å². The minimum atomic E-state index is 0.185. The van der Waals surface area contributed by atoms with Crippen molar-refractivity contribution in [1.29, 1.82) is 0 Å². The summed E-state index contributed by atoms with van der Waals surface area (Å²) in [5.41, 5.74) is 3.94. The van der Waals surface area contributed by atoms with Gasteiger partial charge in [-0.25, -0.2) is 0 Å². The van der Waals surface area contributed by atoms with Crippen LogP contribution >= 0.6 is 11.3 Å². The third kappa shape index (κ3) is 5.49. The van der Waals surface area contributed by atoms with Crippen LogP contribution in [0.25, 0.3) is 0 Å². The summed E-state index contributed by atoms with van der Waals surface area (Å²) in [6.45, 7) is 13.7. The minimum Gasteiger partial charge on any atom is -0.143 e. The maximum absolute atomic E-state index is 3.48. The maximum Gasteiger partial charge on any atom is 0.0396 e. The van der Waals surface area contributed by atoms with Gasteiger partial charge in [0.1, 0.15) is 0 Å². The normalized spacial score (nSPS) is 11.5. The van der Waals surface area contributed by atoms with Crippen LogP contribution in [0.1, 0.15) is 99.6 Å². The van der Waals surface area contributed by atoms with E-state index in [-0.39, 0.29) is 5.41 Å². The van der Waals surface area contributed by atoms with E-state index in [0.717, 1.165) is 12.0 Å². The van der Waals surface area contributed by atoms with Crippen LogP contribution in [0.15, 0.2) is 30.3 Å². The summed E-state index contributed by atoms with van der Waals surface area (Å²) in [5.74, 6) is 7.44. The van der Waals surface area contributed by atoms with E-state index in [2.05, 4.69) is 83.7 Å². The van der Waals surface area contributed by atoms with Gasteiger partial charge in [0.05, 0.1) is 0 Å². The maximum atomic E-state index is 3.48. The Morgan fingerprint density at radius 2 is 1.69 bits per heavy atom. The summed E-state index contributed by atoms with van der Waals surface area (Å²) in [4.78, 5) is 2.88. The number of rotatable bonds is 7. The van der Waals surface area contributed by atoms with Crippen LogP contribution in [-0.4, -0.2) is 0 Å². The van der Waals surface area contributed by atoms with Crippen molar-refractivity contribution in [1.82, 2.24) is 0 Å². The molecule has 0 radical (unpaired) electrons. The van der Waals surface area contributed by atoms with E-state index in [1.807, 2.05) is 11.3 Å². The summed E-state index contributed by atoms with van der Waals surface area (Å²) in [6.07, 6.45) is 6.18. The molecule has 140 valence electrons. The number of hydrogen-bond acceptors (Lipinski definition) is 1. The number of unbranched alkanes of at least 4 members (excludes halogenated alkanes) is 2. The average molecular weight is 367 g/mol. The Kier molecular flexibility index (Phi) is 7.54. The molecule has 0 amide bonds. The van der Waals surface area contributed by atoms with Crippen molar-refractivity contribution in [2.24, 2.45) is 0 Å². The van der Waals surface area contributed by atoms with E-state index < -0.39 is 0 Å². The van der Waals surface area contributed by atoms with Gasteiger partial charge in [-0.15, -0.1) is 11.3 Å². The van der Waals surface area contributed by atoms with Crippen LogP contribution in [0.2, 0.25) is 0 Å². The van der Waals surface area contributed by atoms with Crippen LogP contribution in [0.4, 0.5) is 0 Å². The molecule has 0 atom stereocenters. The van der Waals surface area contributed by atoms with Crippen LogP contribution < -0.4 is 0 Å². The number of thiophene rings is 1. The molecule has 0 aliphatic heterocycles. The monoisotopic (exact) mass is 366 g/mol. The standard InChI is InChI=1S/C25H34S/c1-7-9-10-11-20-12-14-21(15-13-20)16-17-22-18-23(19(3)4)26-24(22)25(5,6)8-2/h12-15,18-19H,7-11H2,1-6H3. The lowest BCUT2D eigenvalue weighted by atomic mass is 9.86. The summed E-state index contributed by atoms with van der Waals surface area (Å²) < 4.78 is 0. The van der Waals surface area contributed by atoms with Gasteiger partial charge in [0.15, 0.2) is 0 Å². The van der Waals surface area contributed by atoms with Gasteiger partial charge < -0.3 is 0 Å². The molecule has 1 heterocycles. The molecule has 0 N–H and O–H groups in total. The predicted molar refractivity (Wildman–Crippen MR) is 117 cm³/mol. The van der Waals surface area contributed by atoms with Gasteiger partial charge >= 0.3 is 0 Å². The van der Waals surface area contributed by atoms with Gasteiger partial charge in [-0.1, -0.05) is 78.4 Å². The van der Waals surface area contributed by atoms with Crippen molar-refractivity contribution in [3.63, 3.8) is 0 Å². The van der Waals surface area contributed by atoms with Gasteiger partial charge in [-0.2, -0.15) is 0 Å². The molecule has 2 rings (SSSR count). The molecule has 0 bridgehead atoms. The first-order valence-electron chi connectivity index (χ1n) is 10.1. The third-order valence-electron chi connectivity index (χ3n) is 5.18. The molecule has 1 aromatic carbocycles. The third-order valence-corrected chi connectivity index (χ3v) is 6.98. The Morgan fingerprint density at radius 3 is 2.27 bits per heavy atom. The molecule has 1 heteroatoms. The molecule has 0 nitrogen and oxygen atoms in total. The first kappa shape index (κ1) is 20.8. The van der Waals surface area contributed by atoms with E-state index >= 15 is 0 Å². The van der Waals surface area contributed by atoms with Gasteiger partial charge in [0, 0.05) is 26.3 Å². The van der Waals surface area contributed by atoms with Crippen molar-refractivity contribution in [3.05, 3.63) is 56.8 Å². The van der Waals surface area contributed by atoms with Crippen LogP contribution in [-0.2, 0) is 11.8 Å². The van der Waals surface area contributed by atoms with Crippen molar-refractivity contribution < 1.29 is 0 Å². The lowest BCUT2D eigenvalue weighted by molar-refractivity contribution is 0.516. The smallest absolute Gasteiger partial charge is 0.0396 e. The molecular weight excluding hydrogens is 332 g/mol. The second-order valence-electron chi connectivity index (χ2n) is 8.19. The van der Waals surface area contributed by atoms with Crippen molar-refractivity contribution in [2.75, 3.05) is 0 Å². The quantitative estimate of drug-likeness (QED) is 0.348. The zero-order valence-corrected chi connectivity index (χ0v) is 18.2. The lowest BCUT2D eigenvalue weighted by Crippen LogP contribution is -2.14. The molecule has 0 aliphatic rings. The fourth-order valence-electron chi connectivity index (χ4n) is 2.92. The number of aryl methyl sites for hydroxylation is 1. The van der Waals surface area contributed by atoms with Crippen molar-refractivity contribution in [2.45, 2.75) is 85.0 Å². The summed E-state index contributed by atoms with van der Waals surface area (Å²) in [5, 5.41) is 0. The molecule has 0 spiro atoms. The van der Waals surface area contributed by atoms with E-state index in [1.54, 1.807) is 0 Å². The molecule has 0 saturated carbocycles. The van der Waals surface area contributed by atoms with Gasteiger partial charge in [0.25, 0.3) is 0 Å². The minimum absolute atomic E-state index is 0.185. The highest BCUT2D eigenvalue weighted by Crippen LogP contribution is 2.38. The molecule has 0 fully saturated rings. The highest BCUT2D eigenvalue weighted by Gasteiger charge is 2.24. The fraction of sp³-hybridized carbons (Fsp3) is 0.520. The first-order valence-corrected chi connectivity index (χ1v) is 10.9. The second-order valence-corrected chi connectivity index (χ2v) is 9.27. The summed E-state index contributed by atoms with van der Waals surface area (Å²) >= 11 is 1.95. The Bertz CT molecular complexity index is 748. The predicted octanol–water partition coefficient (Wildman–Crippen LogP) is 7.69. The van der Waals surface area contributed by atoms with Crippen molar-refractivity contribution in [3.8, 4) is 11.8 Å². The van der Waals surface area contributed by atoms with E-state index in [4.69, 9.17) is 0 Å². The van der Waals surface area contributed by atoms with Crippen molar-refractivity contribution >= 4 is 11.3 Å². The molecule has 26 heavy (non-hydrogen) atoms. The van der Waals surface area contributed by atoms with E-state index in [9.17, 15) is 0 Å². The Morgan fingerprint density at radius 1 is 1.00 bits per heavy atom. The Hall–Kier alpha value is -1.52. The van der Waals surface area contributed by atoms with Crippen LogP contribution in [0.5, 0.6) is 0 Å². The lowest BCUT2D eigenvalue weighted by Gasteiger charge is -2.21. The number of benzene rings is 1. The molecule has 0 unspecified atom stereocenters. The van der Waals surface area contributed by atoms with Crippen LogP contribution in [0.3, 0.4) is 0 Å². The molecule has 2 aromatic rings. The second kappa shape index (κ2) is 9.43. The molecular formula is C25H34S. The highest BCUT2D eigenvalue weighted by atomic mass is 32.1. The van der Waals surface area contributed by atoms with Gasteiger partial charge in [-0.05, 0) is 48.9 Å². The SMILES string of the molecule is CCCCCc1ccc(C#Cc2cc(C(C)C)sc2C(C)(C)CC)cc1. The molecule has 1 aromatic heterocycles. The average Bonchev–Trinajstić information content (AvgIpc) is 3.07. The highest BCUT2D eigenvalue weighted by molar-refractivity contribution is 7.12. The number of hydrogen-bond donors (Lipinski definition) is 0. The van der Waals surface area contributed by atoms with Gasteiger partial charge in [-0.3, -0.25) is 0 Å². The Labute approximate surface area is 165 Å². The fourth-order valence-corrected chi connectivity index (χ4v) is 4.21. The summed E-state index contributed by atoms with van der Waals surface area (Å²) in [6, 6.07) is 11.1. The largest absolute Gasteiger partial charge is 0.143 e. The van der Waals surface area contributed by atoms with Crippen LogP contribution in [0, 0.1) is 11.8 Å². The first-order chi connectivity index (χ1) is 12.4. The summed E-state index contributed by atoms with van der Waals surface area (Å²) in [7, 11) is 0. The Balaban J connectivity index is 2.23. The zero-order valence-electron chi connectivity index (χ0n) is 17.4. The van der Waals surface area contributed by atoms with E-state index in [0.29, 0.717) is 5.92 Å². The van der Waals surface area contributed by atoms with Gasteiger partial charge in [0.2, 0.25) is 0 Å².